The van der Waals surface area contributed by atoms with Crippen molar-refractivity contribution in [3.05, 3.63) is 29.8 Å². The van der Waals surface area contributed by atoms with Crippen molar-refractivity contribution in [1.82, 2.24) is 5.32 Å². The third kappa shape index (κ3) is 4.69. The van der Waals surface area contributed by atoms with E-state index in [1.165, 1.54) is 0 Å². The lowest BCUT2D eigenvalue weighted by Crippen LogP contribution is -2.40. The molecule has 1 saturated heterocycles. The molecule has 1 aromatic rings. The number of nitrogens with one attached hydrogen (secondary N) is 1. The summed E-state index contributed by atoms with van der Waals surface area (Å²) in [6.07, 6.45) is 0. The molecule has 0 saturated carbocycles. The molecule has 0 aliphatic carbocycles. The van der Waals surface area contributed by atoms with Crippen LogP contribution in [0, 0.1) is 5.41 Å². The molecule has 1 fully saturated rings. The lowest BCUT2D eigenvalue weighted by Gasteiger charge is -2.28. The quantitative estimate of drug-likeness (QED) is 0.637. The van der Waals surface area contributed by atoms with Gasteiger partial charge >= 0.3 is 0 Å². The van der Waals surface area contributed by atoms with E-state index in [-0.39, 0.29) is 24.1 Å². The molecule has 1 aromatic carbocycles. The Bertz CT molecular complexity index is 551. The van der Waals surface area contributed by atoms with Crippen LogP contribution in [0.25, 0.3) is 0 Å². The Morgan fingerprint density at radius 2 is 1.83 bits per heavy atom. The molecular formula is C17H23ClN2O3. The normalized spacial score (nSPS) is 15.3. The minimum absolute atomic E-state index is 0.0178. The summed E-state index contributed by atoms with van der Waals surface area (Å²) in [7, 11) is 0. The Balaban J connectivity index is 1.91. The molecule has 0 aromatic heterocycles. The van der Waals surface area contributed by atoms with Gasteiger partial charge in [0, 0.05) is 30.2 Å². The molecule has 2 rings (SSSR count). The topological polar surface area (TPSA) is 58.6 Å². The number of alkyl halides is 1. The highest BCUT2D eigenvalue weighted by molar-refractivity contribution is 6.19. The minimum Gasteiger partial charge on any atom is -0.378 e. The fourth-order valence-electron chi connectivity index (χ4n) is 2.24. The maximum Gasteiger partial charge on any atom is 0.227 e. The van der Waals surface area contributed by atoms with Crippen LogP contribution in [0.5, 0.6) is 0 Å². The summed E-state index contributed by atoms with van der Waals surface area (Å²) in [4.78, 5) is 26.3. The van der Waals surface area contributed by atoms with E-state index in [4.69, 9.17) is 16.3 Å². The number of amides is 1. The van der Waals surface area contributed by atoms with Gasteiger partial charge in [-0.15, -0.1) is 11.6 Å². The van der Waals surface area contributed by atoms with Crippen LogP contribution < -0.4 is 10.2 Å². The first-order chi connectivity index (χ1) is 10.9. The molecule has 0 spiro atoms. The number of hydrogen-bond donors (Lipinski definition) is 1. The van der Waals surface area contributed by atoms with Crippen molar-refractivity contribution in [2.45, 2.75) is 13.8 Å². The number of ether oxygens (including phenoxy) is 1. The van der Waals surface area contributed by atoms with Gasteiger partial charge in [0.2, 0.25) is 5.91 Å². The van der Waals surface area contributed by atoms with Gasteiger partial charge in [-0.25, -0.2) is 0 Å². The van der Waals surface area contributed by atoms with E-state index < -0.39 is 5.41 Å². The average molecular weight is 339 g/mol. The number of Topliss-reactive ketones (excluding diaryl/α,β-unsaturated/α-hetero) is 1. The first kappa shape index (κ1) is 17.8. The van der Waals surface area contributed by atoms with Crippen LogP contribution in [0.1, 0.15) is 24.2 Å². The van der Waals surface area contributed by atoms with Crippen molar-refractivity contribution < 1.29 is 14.3 Å². The molecular weight excluding hydrogens is 316 g/mol. The van der Waals surface area contributed by atoms with E-state index in [0.717, 1.165) is 32.0 Å². The lowest BCUT2D eigenvalue weighted by atomic mass is 9.95. The van der Waals surface area contributed by atoms with Crippen LogP contribution in [0.3, 0.4) is 0 Å². The summed E-state index contributed by atoms with van der Waals surface area (Å²) < 4.78 is 5.33. The summed E-state index contributed by atoms with van der Waals surface area (Å²) in [5.41, 5.74) is 0.991. The van der Waals surface area contributed by atoms with Gasteiger partial charge in [0.15, 0.2) is 5.78 Å². The Morgan fingerprint density at radius 3 is 2.39 bits per heavy atom. The lowest BCUT2D eigenvalue weighted by molar-refractivity contribution is -0.128. The van der Waals surface area contributed by atoms with E-state index in [1.54, 1.807) is 26.0 Å². The van der Waals surface area contributed by atoms with Gasteiger partial charge in [-0.3, -0.25) is 9.59 Å². The first-order valence-electron chi connectivity index (χ1n) is 7.74. The number of ketones is 1. The number of carbonyl (C=O) groups excluding carboxylic acids is 2. The van der Waals surface area contributed by atoms with Crippen LogP contribution in [0.2, 0.25) is 0 Å². The number of carbonyl (C=O) groups is 2. The van der Waals surface area contributed by atoms with Gasteiger partial charge in [0.1, 0.15) is 0 Å². The van der Waals surface area contributed by atoms with Crippen molar-refractivity contribution in [2.24, 2.45) is 5.41 Å². The standard InChI is InChI=1S/C17H23ClN2O3/c1-17(2,12-18)16(22)19-11-15(21)13-3-5-14(6-4-13)20-7-9-23-10-8-20/h3-6H,7-12H2,1-2H3,(H,19,22). The van der Waals surface area contributed by atoms with Crippen LogP contribution in [0.4, 0.5) is 5.69 Å². The molecule has 126 valence electrons. The molecule has 6 heteroatoms. The Morgan fingerprint density at radius 1 is 1.22 bits per heavy atom. The molecule has 1 N–H and O–H groups in total. The monoisotopic (exact) mass is 338 g/mol. The van der Waals surface area contributed by atoms with Crippen LogP contribution in [-0.4, -0.2) is 50.4 Å². The predicted molar refractivity (Wildman–Crippen MR) is 91.3 cm³/mol. The van der Waals surface area contributed by atoms with E-state index in [9.17, 15) is 9.59 Å². The van der Waals surface area contributed by atoms with Gasteiger partial charge in [-0.05, 0) is 38.1 Å². The average Bonchev–Trinajstić information content (AvgIpc) is 2.60. The van der Waals surface area contributed by atoms with Gasteiger partial charge in [0.25, 0.3) is 0 Å². The largest absolute Gasteiger partial charge is 0.378 e. The van der Waals surface area contributed by atoms with Crippen molar-refractivity contribution in [1.29, 1.82) is 0 Å². The fourth-order valence-corrected chi connectivity index (χ4v) is 2.36. The number of halogens is 1. The second-order valence-corrected chi connectivity index (χ2v) is 6.54. The second kappa shape index (κ2) is 7.79. The molecule has 0 radical (unpaired) electrons. The number of hydrogen-bond acceptors (Lipinski definition) is 4. The van der Waals surface area contributed by atoms with E-state index >= 15 is 0 Å². The predicted octanol–water partition coefficient (Wildman–Crippen LogP) is 2.09. The zero-order valence-electron chi connectivity index (χ0n) is 13.6. The summed E-state index contributed by atoms with van der Waals surface area (Å²) in [6.45, 7) is 6.64. The highest BCUT2D eigenvalue weighted by Gasteiger charge is 2.26. The number of benzene rings is 1. The third-order valence-corrected chi connectivity index (χ3v) is 4.59. The second-order valence-electron chi connectivity index (χ2n) is 6.27. The molecule has 0 unspecified atom stereocenters. The highest BCUT2D eigenvalue weighted by atomic mass is 35.5. The van der Waals surface area contributed by atoms with E-state index in [0.29, 0.717) is 5.56 Å². The third-order valence-electron chi connectivity index (χ3n) is 3.92. The van der Waals surface area contributed by atoms with Gasteiger partial charge in [0.05, 0.1) is 25.2 Å². The molecule has 0 atom stereocenters. The number of nitrogens with zero attached hydrogens (tertiary/aromatic N) is 1. The van der Waals surface area contributed by atoms with Gasteiger partial charge < -0.3 is 15.0 Å². The van der Waals surface area contributed by atoms with Crippen LogP contribution in [0.15, 0.2) is 24.3 Å². The molecule has 1 aliphatic rings. The van der Waals surface area contributed by atoms with E-state index in [2.05, 4.69) is 10.2 Å². The Labute approximate surface area is 141 Å². The van der Waals surface area contributed by atoms with Gasteiger partial charge in [-0.2, -0.15) is 0 Å². The molecule has 1 amide bonds. The maximum absolute atomic E-state index is 12.2. The summed E-state index contributed by atoms with van der Waals surface area (Å²) >= 11 is 5.75. The SMILES string of the molecule is CC(C)(CCl)C(=O)NCC(=O)c1ccc(N2CCOCC2)cc1. The maximum atomic E-state index is 12.2. The Kier molecular flexibility index (Phi) is 6.02. The van der Waals surface area contributed by atoms with Crippen LogP contribution >= 0.6 is 11.6 Å². The van der Waals surface area contributed by atoms with E-state index in [1.807, 2.05) is 12.1 Å². The molecule has 0 bridgehead atoms. The Hall–Kier alpha value is -1.59. The molecule has 1 aliphatic heterocycles. The summed E-state index contributed by atoms with van der Waals surface area (Å²) in [6, 6.07) is 7.46. The van der Waals surface area contributed by atoms with Crippen molar-refractivity contribution in [3.8, 4) is 0 Å². The smallest absolute Gasteiger partial charge is 0.227 e. The summed E-state index contributed by atoms with van der Waals surface area (Å²) in [5, 5.41) is 2.65. The van der Waals surface area contributed by atoms with Gasteiger partial charge in [-0.1, -0.05) is 0 Å². The van der Waals surface area contributed by atoms with Crippen molar-refractivity contribution >= 4 is 29.0 Å². The zero-order chi connectivity index (χ0) is 16.9. The fraction of sp³-hybridized carbons (Fsp3) is 0.529. The highest BCUT2D eigenvalue weighted by Crippen LogP contribution is 2.18. The van der Waals surface area contributed by atoms with Crippen molar-refractivity contribution in [3.63, 3.8) is 0 Å². The number of morpholine rings is 1. The minimum atomic E-state index is -0.679. The molecule has 23 heavy (non-hydrogen) atoms. The summed E-state index contributed by atoms with van der Waals surface area (Å²) in [5.74, 6) is -0.121. The zero-order valence-corrected chi connectivity index (χ0v) is 14.4. The number of rotatable bonds is 6. The first-order valence-corrected chi connectivity index (χ1v) is 8.28. The van der Waals surface area contributed by atoms with Crippen LogP contribution in [-0.2, 0) is 9.53 Å². The molecule has 5 nitrogen and oxygen atoms in total. The van der Waals surface area contributed by atoms with Crippen molar-refractivity contribution in [2.75, 3.05) is 43.6 Å². The molecule has 1 heterocycles. The number of anilines is 1.